The van der Waals surface area contributed by atoms with Crippen molar-refractivity contribution in [2.45, 2.75) is 13.8 Å². The Morgan fingerprint density at radius 1 is 0.909 bits per heavy atom. The first kappa shape index (κ1) is 22.0. The lowest BCUT2D eigenvalue weighted by Gasteiger charge is -2.11. The van der Waals surface area contributed by atoms with Gasteiger partial charge in [-0.1, -0.05) is 24.3 Å². The van der Waals surface area contributed by atoms with Crippen LogP contribution >= 0.6 is 0 Å². The Morgan fingerprint density at radius 3 is 2.39 bits per heavy atom. The van der Waals surface area contributed by atoms with E-state index in [9.17, 15) is 9.59 Å². The number of para-hydroxylation sites is 1. The minimum atomic E-state index is -0.585. The van der Waals surface area contributed by atoms with Crippen LogP contribution in [0.4, 0.5) is 5.69 Å². The van der Waals surface area contributed by atoms with Gasteiger partial charge in [-0.15, -0.1) is 0 Å². The lowest BCUT2D eigenvalue weighted by atomic mass is 10.0. The van der Waals surface area contributed by atoms with Crippen molar-refractivity contribution < 1.29 is 19.1 Å². The average Bonchev–Trinajstić information content (AvgIpc) is 2.84. The van der Waals surface area contributed by atoms with Crippen LogP contribution in [-0.4, -0.2) is 30.6 Å². The summed E-state index contributed by atoms with van der Waals surface area (Å²) in [6.07, 6.45) is 0. The van der Waals surface area contributed by atoms with Crippen molar-refractivity contribution in [2.75, 3.05) is 19.0 Å². The Bertz CT molecular complexity index is 1330. The number of carbonyl (C=O) groups excluding carboxylic acids is 2. The summed E-state index contributed by atoms with van der Waals surface area (Å²) in [6.45, 7) is 3.59. The van der Waals surface area contributed by atoms with E-state index in [1.807, 2.05) is 80.6 Å². The highest BCUT2D eigenvalue weighted by Crippen LogP contribution is 2.27. The first-order valence-corrected chi connectivity index (χ1v) is 10.5. The molecule has 0 radical (unpaired) electrons. The molecule has 0 aliphatic heterocycles. The molecule has 166 valence electrons. The Balaban J connectivity index is 1.55. The fourth-order valence-corrected chi connectivity index (χ4v) is 3.48. The average molecular weight is 440 g/mol. The van der Waals surface area contributed by atoms with E-state index < -0.39 is 11.9 Å². The maximum atomic E-state index is 12.9. The van der Waals surface area contributed by atoms with Crippen molar-refractivity contribution in [3.63, 3.8) is 0 Å². The molecule has 0 saturated heterocycles. The van der Waals surface area contributed by atoms with Gasteiger partial charge in [-0.2, -0.15) is 0 Å². The molecule has 0 unspecified atom stereocenters. The number of pyridine rings is 1. The number of anilines is 1. The predicted octanol–water partition coefficient (Wildman–Crippen LogP) is 5.32. The zero-order valence-electron chi connectivity index (χ0n) is 18.7. The second-order valence-corrected chi connectivity index (χ2v) is 7.72. The third-order valence-electron chi connectivity index (χ3n) is 5.45. The van der Waals surface area contributed by atoms with E-state index in [2.05, 4.69) is 10.3 Å². The van der Waals surface area contributed by atoms with Gasteiger partial charge in [0.25, 0.3) is 5.91 Å². The predicted molar refractivity (Wildman–Crippen MR) is 129 cm³/mol. The summed E-state index contributed by atoms with van der Waals surface area (Å²) in [5, 5.41) is 3.42. The van der Waals surface area contributed by atoms with E-state index in [1.165, 1.54) is 0 Å². The quantitative estimate of drug-likeness (QED) is 0.411. The Labute approximate surface area is 192 Å². The molecule has 0 bridgehead atoms. The van der Waals surface area contributed by atoms with Gasteiger partial charge >= 0.3 is 5.97 Å². The number of ether oxygens (including phenoxy) is 2. The molecule has 0 atom stereocenters. The van der Waals surface area contributed by atoms with Gasteiger partial charge < -0.3 is 14.8 Å². The van der Waals surface area contributed by atoms with Crippen LogP contribution in [-0.2, 0) is 9.53 Å². The maximum Gasteiger partial charge on any atom is 0.339 e. The summed E-state index contributed by atoms with van der Waals surface area (Å²) in [5.74, 6) is -0.257. The number of nitrogens with zero attached hydrogens (tertiary/aromatic N) is 1. The zero-order chi connectivity index (χ0) is 23.4. The van der Waals surface area contributed by atoms with Crippen LogP contribution < -0.4 is 10.1 Å². The van der Waals surface area contributed by atoms with Crippen LogP contribution in [0.1, 0.15) is 21.5 Å². The van der Waals surface area contributed by atoms with E-state index in [4.69, 9.17) is 9.47 Å². The molecular weight excluding hydrogens is 416 g/mol. The highest BCUT2D eigenvalue weighted by atomic mass is 16.5. The van der Waals surface area contributed by atoms with Gasteiger partial charge in [0.05, 0.1) is 23.9 Å². The van der Waals surface area contributed by atoms with Crippen molar-refractivity contribution in [2.24, 2.45) is 0 Å². The number of esters is 1. The number of methoxy groups -OCH3 is 1. The number of aryl methyl sites for hydroxylation is 2. The van der Waals surface area contributed by atoms with Gasteiger partial charge in [-0.05, 0) is 73.5 Å². The monoisotopic (exact) mass is 440 g/mol. The smallest absolute Gasteiger partial charge is 0.339 e. The molecule has 4 rings (SSSR count). The third kappa shape index (κ3) is 5.01. The number of benzene rings is 3. The van der Waals surface area contributed by atoms with Gasteiger partial charge in [0, 0.05) is 16.6 Å². The summed E-state index contributed by atoms with van der Waals surface area (Å²) in [6, 6.07) is 22.1. The Kier molecular flexibility index (Phi) is 6.36. The minimum Gasteiger partial charge on any atom is -0.497 e. The topological polar surface area (TPSA) is 77.5 Å². The van der Waals surface area contributed by atoms with Gasteiger partial charge in [-0.3, -0.25) is 4.79 Å². The molecule has 0 aliphatic carbocycles. The van der Waals surface area contributed by atoms with E-state index >= 15 is 0 Å². The van der Waals surface area contributed by atoms with Crippen LogP contribution in [0.25, 0.3) is 22.2 Å². The van der Waals surface area contributed by atoms with Crippen LogP contribution in [0.2, 0.25) is 0 Å². The summed E-state index contributed by atoms with van der Waals surface area (Å²) < 4.78 is 10.6. The Hall–Kier alpha value is -4.19. The third-order valence-corrected chi connectivity index (χ3v) is 5.45. The standard InChI is InChI=1S/C27H24N2O4/c1-17-8-11-20(14-18(17)2)28-26(30)16-33-27(31)23-15-25(19-9-12-21(32-3)13-10-19)29-24-7-5-4-6-22(23)24/h4-15H,16H2,1-3H3,(H,28,30). The highest BCUT2D eigenvalue weighted by molar-refractivity contribution is 6.05. The van der Waals surface area contributed by atoms with Crippen LogP contribution in [0, 0.1) is 13.8 Å². The molecule has 6 heteroatoms. The van der Waals surface area contributed by atoms with Crippen molar-refractivity contribution in [1.82, 2.24) is 4.98 Å². The molecule has 33 heavy (non-hydrogen) atoms. The number of hydrogen-bond donors (Lipinski definition) is 1. The molecule has 3 aromatic carbocycles. The van der Waals surface area contributed by atoms with E-state index in [0.717, 1.165) is 22.4 Å². The number of aromatic nitrogens is 1. The SMILES string of the molecule is COc1ccc(-c2cc(C(=O)OCC(=O)Nc3ccc(C)c(C)c3)c3ccccc3n2)cc1. The lowest BCUT2D eigenvalue weighted by Crippen LogP contribution is -2.21. The fraction of sp³-hybridized carbons (Fsp3) is 0.148. The normalized spacial score (nSPS) is 10.6. The van der Waals surface area contributed by atoms with Crippen molar-refractivity contribution in [3.8, 4) is 17.0 Å². The zero-order valence-corrected chi connectivity index (χ0v) is 18.7. The molecule has 1 heterocycles. The summed E-state index contributed by atoms with van der Waals surface area (Å²) in [7, 11) is 1.60. The van der Waals surface area contributed by atoms with Gasteiger partial charge in [0.1, 0.15) is 5.75 Å². The molecule has 1 aromatic heterocycles. The van der Waals surface area contributed by atoms with E-state index in [1.54, 1.807) is 13.2 Å². The Morgan fingerprint density at radius 2 is 1.67 bits per heavy atom. The van der Waals surface area contributed by atoms with Crippen molar-refractivity contribution in [3.05, 3.63) is 89.5 Å². The minimum absolute atomic E-state index is 0.352. The van der Waals surface area contributed by atoms with E-state index in [-0.39, 0.29) is 6.61 Å². The summed E-state index contributed by atoms with van der Waals surface area (Å²) in [4.78, 5) is 30.0. The molecule has 6 nitrogen and oxygen atoms in total. The second-order valence-electron chi connectivity index (χ2n) is 7.72. The van der Waals surface area contributed by atoms with Gasteiger partial charge in [0.15, 0.2) is 6.61 Å². The highest BCUT2D eigenvalue weighted by Gasteiger charge is 2.17. The van der Waals surface area contributed by atoms with E-state index in [0.29, 0.717) is 27.8 Å². The molecule has 0 fully saturated rings. The summed E-state index contributed by atoms with van der Waals surface area (Å²) in [5.41, 5.74) is 5.35. The van der Waals surface area contributed by atoms with Crippen LogP contribution in [0.15, 0.2) is 72.8 Å². The molecule has 0 aliphatic rings. The largest absolute Gasteiger partial charge is 0.497 e. The molecular formula is C27H24N2O4. The second kappa shape index (κ2) is 9.53. The van der Waals surface area contributed by atoms with Crippen LogP contribution in [0.3, 0.4) is 0 Å². The van der Waals surface area contributed by atoms with Gasteiger partial charge in [0.2, 0.25) is 0 Å². The number of carbonyl (C=O) groups is 2. The summed E-state index contributed by atoms with van der Waals surface area (Å²) >= 11 is 0. The molecule has 0 spiro atoms. The molecule has 1 N–H and O–H groups in total. The van der Waals surface area contributed by atoms with Gasteiger partial charge in [-0.25, -0.2) is 9.78 Å². The fourth-order valence-electron chi connectivity index (χ4n) is 3.48. The van der Waals surface area contributed by atoms with Crippen molar-refractivity contribution in [1.29, 1.82) is 0 Å². The molecule has 4 aromatic rings. The number of hydrogen-bond acceptors (Lipinski definition) is 5. The number of amides is 1. The first-order valence-electron chi connectivity index (χ1n) is 10.5. The number of rotatable bonds is 6. The van der Waals surface area contributed by atoms with Crippen LogP contribution in [0.5, 0.6) is 5.75 Å². The number of nitrogens with one attached hydrogen (secondary N) is 1. The van der Waals surface area contributed by atoms with Crippen molar-refractivity contribution >= 4 is 28.5 Å². The number of fused-ring (bicyclic) bond motifs is 1. The molecule has 0 saturated carbocycles. The lowest BCUT2D eigenvalue weighted by molar-refractivity contribution is -0.119. The first-order chi connectivity index (χ1) is 15.9. The maximum absolute atomic E-state index is 12.9. The molecule has 1 amide bonds.